The second-order valence-corrected chi connectivity index (χ2v) is 9.16. The molecule has 2 aliphatic rings. The van der Waals surface area contributed by atoms with Gasteiger partial charge in [0, 0.05) is 11.3 Å². The van der Waals surface area contributed by atoms with Gasteiger partial charge in [0.2, 0.25) is 11.8 Å². The number of rotatable bonds is 5. The molecule has 1 N–H and O–H groups in total. The number of carbonyl (C=O) groups is 3. The van der Waals surface area contributed by atoms with Crippen LogP contribution < -0.4 is 15.0 Å². The lowest BCUT2D eigenvalue weighted by molar-refractivity contribution is -0.122. The van der Waals surface area contributed by atoms with Crippen LogP contribution >= 0.6 is 0 Å². The second-order valence-electron chi connectivity index (χ2n) is 9.16. The number of nitrogens with zero attached hydrogens (tertiary/aromatic N) is 1. The van der Waals surface area contributed by atoms with E-state index in [2.05, 4.69) is 5.32 Å². The highest BCUT2D eigenvalue weighted by atomic mass is 16.5. The van der Waals surface area contributed by atoms with Crippen molar-refractivity contribution in [2.24, 2.45) is 11.8 Å². The van der Waals surface area contributed by atoms with Crippen LogP contribution in [0.2, 0.25) is 0 Å². The zero-order chi connectivity index (χ0) is 24.5. The molecule has 35 heavy (non-hydrogen) atoms. The summed E-state index contributed by atoms with van der Waals surface area (Å²) in [6.07, 6.45) is 3.23. The lowest BCUT2D eigenvalue weighted by atomic mass is 9.82. The zero-order valence-corrected chi connectivity index (χ0v) is 19.7. The number of carbonyl (C=O) groups excluding carboxylic acids is 3. The molecule has 3 aromatic carbocycles. The van der Waals surface area contributed by atoms with Gasteiger partial charge in [-0.05, 0) is 86.8 Å². The number of aryl methyl sites for hydroxylation is 1. The number of nitrogens with one attached hydrogen (secondary N) is 1. The van der Waals surface area contributed by atoms with Gasteiger partial charge in [0.05, 0.1) is 17.5 Å². The normalized spacial score (nSPS) is 19.3. The Morgan fingerprint density at radius 2 is 1.63 bits per heavy atom. The topological polar surface area (TPSA) is 75.7 Å². The summed E-state index contributed by atoms with van der Waals surface area (Å²) in [6, 6.07) is 21.5. The van der Waals surface area contributed by atoms with Gasteiger partial charge in [-0.1, -0.05) is 29.8 Å². The molecule has 5 rings (SSSR count). The maximum atomic E-state index is 13.0. The Morgan fingerprint density at radius 1 is 0.886 bits per heavy atom. The van der Waals surface area contributed by atoms with Crippen LogP contribution in [0, 0.1) is 18.8 Å². The van der Waals surface area contributed by atoms with Gasteiger partial charge in [0.15, 0.2) is 0 Å². The SMILES string of the molecule is CC1=CC[C@@H]2C(=O)N(c3cccc(C(=O)Nc4ccc(Oc5cccc(C)c5)cc4)c3)C(=O)[C@@H]2C1. The molecule has 2 atom stereocenters. The lowest BCUT2D eigenvalue weighted by Gasteiger charge is -2.18. The Balaban J connectivity index is 1.28. The van der Waals surface area contributed by atoms with Crippen LogP contribution in [0.25, 0.3) is 0 Å². The summed E-state index contributed by atoms with van der Waals surface area (Å²) in [6.45, 7) is 3.99. The predicted molar refractivity (Wildman–Crippen MR) is 135 cm³/mol. The molecule has 6 heteroatoms. The number of anilines is 2. The van der Waals surface area contributed by atoms with Crippen LogP contribution in [0.15, 0.2) is 84.4 Å². The van der Waals surface area contributed by atoms with E-state index >= 15 is 0 Å². The second kappa shape index (κ2) is 9.22. The number of benzene rings is 3. The molecule has 1 heterocycles. The molecular weight excluding hydrogens is 440 g/mol. The summed E-state index contributed by atoms with van der Waals surface area (Å²) in [5.41, 5.74) is 3.65. The monoisotopic (exact) mass is 466 g/mol. The van der Waals surface area contributed by atoms with Crippen molar-refractivity contribution >= 4 is 29.1 Å². The minimum atomic E-state index is -0.326. The average molecular weight is 467 g/mol. The van der Waals surface area contributed by atoms with E-state index in [4.69, 9.17) is 4.74 Å². The highest BCUT2D eigenvalue weighted by Gasteiger charge is 2.48. The van der Waals surface area contributed by atoms with Crippen molar-refractivity contribution < 1.29 is 19.1 Å². The van der Waals surface area contributed by atoms with Crippen LogP contribution in [0.1, 0.15) is 35.7 Å². The van der Waals surface area contributed by atoms with Crippen LogP contribution in [0.3, 0.4) is 0 Å². The molecule has 0 bridgehead atoms. The first-order valence-corrected chi connectivity index (χ1v) is 11.7. The molecule has 176 valence electrons. The maximum absolute atomic E-state index is 13.0. The van der Waals surface area contributed by atoms with Crippen LogP contribution in [-0.4, -0.2) is 17.7 Å². The van der Waals surface area contributed by atoms with Crippen LogP contribution in [0.5, 0.6) is 11.5 Å². The van der Waals surface area contributed by atoms with Gasteiger partial charge in [-0.25, -0.2) is 0 Å². The number of ether oxygens (including phenoxy) is 1. The van der Waals surface area contributed by atoms with Gasteiger partial charge in [0.1, 0.15) is 11.5 Å². The third-order valence-electron chi connectivity index (χ3n) is 6.53. The Kier molecular flexibility index (Phi) is 5.95. The lowest BCUT2D eigenvalue weighted by Crippen LogP contribution is -2.31. The minimum Gasteiger partial charge on any atom is -0.457 e. The molecule has 0 radical (unpaired) electrons. The van der Waals surface area contributed by atoms with E-state index in [0.29, 0.717) is 35.5 Å². The fourth-order valence-electron chi connectivity index (χ4n) is 4.70. The van der Waals surface area contributed by atoms with Crippen molar-refractivity contribution in [3.8, 4) is 11.5 Å². The first-order chi connectivity index (χ1) is 16.9. The molecule has 1 saturated heterocycles. The number of fused-ring (bicyclic) bond motifs is 1. The maximum Gasteiger partial charge on any atom is 0.255 e. The molecule has 1 fully saturated rings. The summed E-state index contributed by atoms with van der Waals surface area (Å²) < 4.78 is 5.86. The fraction of sp³-hybridized carbons (Fsp3) is 0.207. The third kappa shape index (κ3) is 4.60. The molecule has 0 saturated carbocycles. The molecule has 3 amide bonds. The molecule has 6 nitrogen and oxygen atoms in total. The third-order valence-corrected chi connectivity index (χ3v) is 6.53. The first kappa shape index (κ1) is 22.6. The van der Waals surface area contributed by atoms with Crippen LogP contribution in [-0.2, 0) is 9.59 Å². The number of imide groups is 1. The Hall–Kier alpha value is -4.19. The number of allylic oxidation sites excluding steroid dienone is 2. The van der Waals surface area contributed by atoms with Gasteiger partial charge < -0.3 is 10.1 Å². The van der Waals surface area contributed by atoms with Crippen molar-refractivity contribution in [3.63, 3.8) is 0 Å². The Bertz CT molecular complexity index is 1340. The standard InChI is InChI=1S/C29H26N2O4/c1-18-5-3-8-24(15-18)35-23-12-10-21(11-13-23)30-27(32)20-6-4-7-22(17-20)31-28(33)25-14-9-19(2)16-26(25)29(31)34/h3-13,15,17,25-26H,14,16H2,1-2H3,(H,30,32)/t25-,26+/m0/s1. The van der Waals surface area contributed by atoms with Crippen LogP contribution in [0.4, 0.5) is 11.4 Å². The number of hydrogen-bond acceptors (Lipinski definition) is 4. The average Bonchev–Trinajstić information content (AvgIpc) is 3.09. The molecule has 0 spiro atoms. The fourth-order valence-corrected chi connectivity index (χ4v) is 4.70. The van der Waals surface area contributed by atoms with Gasteiger partial charge >= 0.3 is 0 Å². The van der Waals surface area contributed by atoms with E-state index in [1.807, 2.05) is 44.2 Å². The van der Waals surface area contributed by atoms with E-state index in [9.17, 15) is 14.4 Å². The van der Waals surface area contributed by atoms with E-state index in [-0.39, 0.29) is 29.6 Å². The predicted octanol–water partition coefficient (Wildman–Crippen LogP) is 5.89. The largest absolute Gasteiger partial charge is 0.457 e. The molecule has 0 unspecified atom stereocenters. The molecule has 1 aliphatic carbocycles. The number of amides is 3. The molecule has 3 aromatic rings. The zero-order valence-electron chi connectivity index (χ0n) is 19.7. The van der Waals surface area contributed by atoms with E-state index in [1.54, 1.807) is 48.5 Å². The van der Waals surface area contributed by atoms with Crippen molar-refractivity contribution in [1.29, 1.82) is 0 Å². The van der Waals surface area contributed by atoms with E-state index in [0.717, 1.165) is 16.9 Å². The van der Waals surface area contributed by atoms with Crippen molar-refractivity contribution in [1.82, 2.24) is 0 Å². The summed E-state index contributed by atoms with van der Waals surface area (Å²) in [4.78, 5) is 40.1. The Morgan fingerprint density at radius 3 is 2.40 bits per heavy atom. The van der Waals surface area contributed by atoms with E-state index < -0.39 is 0 Å². The summed E-state index contributed by atoms with van der Waals surface area (Å²) in [5.74, 6) is 0.0749. The number of hydrogen-bond donors (Lipinski definition) is 1. The van der Waals surface area contributed by atoms with Crippen molar-refractivity contribution in [2.45, 2.75) is 26.7 Å². The van der Waals surface area contributed by atoms with Crippen molar-refractivity contribution in [2.75, 3.05) is 10.2 Å². The minimum absolute atomic E-state index is 0.186. The quantitative estimate of drug-likeness (QED) is 0.376. The van der Waals surface area contributed by atoms with E-state index in [1.165, 1.54) is 4.90 Å². The molecular formula is C29H26N2O4. The molecule has 0 aromatic heterocycles. The molecule has 1 aliphatic heterocycles. The summed E-state index contributed by atoms with van der Waals surface area (Å²) >= 11 is 0. The van der Waals surface area contributed by atoms with Gasteiger partial charge in [-0.3, -0.25) is 19.3 Å². The highest BCUT2D eigenvalue weighted by Crippen LogP contribution is 2.39. The van der Waals surface area contributed by atoms with Gasteiger partial charge in [-0.15, -0.1) is 0 Å². The summed E-state index contributed by atoms with van der Waals surface area (Å²) in [7, 11) is 0. The van der Waals surface area contributed by atoms with Crippen molar-refractivity contribution in [3.05, 3.63) is 95.6 Å². The summed E-state index contributed by atoms with van der Waals surface area (Å²) in [5, 5.41) is 2.86. The first-order valence-electron chi connectivity index (χ1n) is 11.7. The Labute approximate surface area is 204 Å². The smallest absolute Gasteiger partial charge is 0.255 e. The van der Waals surface area contributed by atoms with Gasteiger partial charge in [-0.2, -0.15) is 0 Å². The van der Waals surface area contributed by atoms with Gasteiger partial charge in [0.25, 0.3) is 5.91 Å². The highest BCUT2D eigenvalue weighted by molar-refractivity contribution is 6.22.